The summed E-state index contributed by atoms with van der Waals surface area (Å²) in [6, 6.07) is 0.740. The molecule has 0 spiro atoms. The average molecular weight is 227 g/mol. The molecule has 1 aliphatic carbocycles. The first-order valence-electron chi connectivity index (χ1n) is 6.89. The zero-order chi connectivity index (χ0) is 11.9. The molecule has 2 nitrogen and oxygen atoms in total. The van der Waals surface area contributed by atoms with Gasteiger partial charge in [0.05, 0.1) is 0 Å². The van der Waals surface area contributed by atoms with Gasteiger partial charge in [-0.2, -0.15) is 0 Å². The fraction of sp³-hybridized carbons (Fsp3) is 1.00. The number of ether oxygens (including phenoxy) is 1. The summed E-state index contributed by atoms with van der Waals surface area (Å²) in [4.78, 5) is 0. The maximum atomic E-state index is 5.05. The molecule has 1 unspecified atom stereocenters. The van der Waals surface area contributed by atoms with Crippen molar-refractivity contribution in [2.24, 2.45) is 5.41 Å². The van der Waals surface area contributed by atoms with Gasteiger partial charge in [-0.3, -0.25) is 0 Å². The van der Waals surface area contributed by atoms with E-state index in [9.17, 15) is 0 Å². The van der Waals surface area contributed by atoms with E-state index in [4.69, 9.17) is 4.74 Å². The van der Waals surface area contributed by atoms with Gasteiger partial charge in [0, 0.05) is 19.8 Å². The van der Waals surface area contributed by atoms with E-state index in [1.165, 1.54) is 51.5 Å². The van der Waals surface area contributed by atoms with E-state index in [1.807, 2.05) is 0 Å². The molecular formula is C14H29NO. The van der Waals surface area contributed by atoms with Gasteiger partial charge < -0.3 is 10.1 Å². The van der Waals surface area contributed by atoms with Crippen molar-refractivity contribution in [3.63, 3.8) is 0 Å². The van der Waals surface area contributed by atoms with Gasteiger partial charge in [0.2, 0.25) is 0 Å². The van der Waals surface area contributed by atoms with Crippen LogP contribution >= 0.6 is 0 Å². The molecule has 96 valence electrons. The fourth-order valence-electron chi connectivity index (χ4n) is 2.70. The topological polar surface area (TPSA) is 21.3 Å². The molecule has 1 aliphatic rings. The van der Waals surface area contributed by atoms with Crippen molar-refractivity contribution in [1.29, 1.82) is 0 Å². The van der Waals surface area contributed by atoms with E-state index in [0.29, 0.717) is 5.41 Å². The van der Waals surface area contributed by atoms with Crippen LogP contribution in [0, 0.1) is 5.41 Å². The van der Waals surface area contributed by atoms with E-state index >= 15 is 0 Å². The molecule has 0 bridgehead atoms. The Balaban J connectivity index is 2.07. The van der Waals surface area contributed by atoms with E-state index in [1.54, 1.807) is 7.11 Å². The third kappa shape index (κ3) is 4.84. The summed E-state index contributed by atoms with van der Waals surface area (Å²) in [6.07, 6.45) is 9.35. The lowest BCUT2D eigenvalue weighted by atomic mass is 9.73. The number of hydrogen-bond donors (Lipinski definition) is 1. The van der Waals surface area contributed by atoms with Gasteiger partial charge in [0.25, 0.3) is 0 Å². The number of unbranched alkanes of at least 4 members (excludes halogenated alkanes) is 2. The van der Waals surface area contributed by atoms with Crippen molar-refractivity contribution in [2.45, 2.75) is 64.8 Å². The zero-order valence-corrected chi connectivity index (χ0v) is 11.3. The van der Waals surface area contributed by atoms with E-state index < -0.39 is 0 Å². The van der Waals surface area contributed by atoms with Crippen molar-refractivity contribution < 1.29 is 4.74 Å². The van der Waals surface area contributed by atoms with Crippen molar-refractivity contribution in [2.75, 3.05) is 20.3 Å². The van der Waals surface area contributed by atoms with Gasteiger partial charge >= 0.3 is 0 Å². The van der Waals surface area contributed by atoms with E-state index in [0.717, 1.165) is 12.6 Å². The SMILES string of the molecule is COCCCCCNC1CCCCC1(C)C. The van der Waals surface area contributed by atoms with Gasteiger partial charge in [0.15, 0.2) is 0 Å². The Labute approximate surface area is 101 Å². The average Bonchev–Trinajstić information content (AvgIpc) is 2.25. The lowest BCUT2D eigenvalue weighted by Gasteiger charge is -2.39. The second kappa shape index (κ2) is 7.29. The number of methoxy groups -OCH3 is 1. The quantitative estimate of drug-likeness (QED) is 0.673. The number of nitrogens with one attached hydrogen (secondary N) is 1. The van der Waals surface area contributed by atoms with E-state index in [2.05, 4.69) is 19.2 Å². The molecule has 0 aromatic heterocycles. The molecule has 1 fully saturated rings. The van der Waals surface area contributed by atoms with Crippen molar-refractivity contribution in [3.05, 3.63) is 0 Å². The largest absolute Gasteiger partial charge is 0.385 e. The highest BCUT2D eigenvalue weighted by atomic mass is 16.5. The summed E-state index contributed by atoms with van der Waals surface area (Å²) < 4.78 is 5.05. The van der Waals surface area contributed by atoms with Gasteiger partial charge in [-0.1, -0.05) is 26.7 Å². The Morgan fingerprint density at radius 2 is 2.00 bits per heavy atom. The summed E-state index contributed by atoms with van der Waals surface area (Å²) in [5.74, 6) is 0. The van der Waals surface area contributed by atoms with Gasteiger partial charge in [0.1, 0.15) is 0 Å². The summed E-state index contributed by atoms with van der Waals surface area (Å²) in [6.45, 7) is 6.91. The molecule has 1 rings (SSSR count). The maximum absolute atomic E-state index is 5.05. The predicted octanol–water partition coefficient (Wildman–Crippen LogP) is 3.36. The second-order valence-corrected chi connectivity index (χ2v) is 5.79. The molecular weight excluding hydrogens is 198 g/mol. The Morgan fingerprint density at radius 3 is 2.69 bits per heavy atom. The lowest BCUT2D eigenvalue weighted by Crippen LogP contribution is -2.44. The Bertz CT molecular complexity index is 180. The molecule has 0 saturated heterocycles. The molecule has 0 amide bonds. The highest BCUT2D eigenvalue weighted by Crippen LogP contribution is 2.35. The minimum atomic E-state index is 0.505. The molecule has 2 heteroatoms. The number of rotatable bonds is 7. The minimum Gasteiger partial charge on any atom is -0.385 e. The summed E-state index contributed by atoms with van der Waals surface area (Å²) in [5.41, 5.74) is 0.505. The lowest BCUT2D eigenvalue weighted by molar-refractivity contribution is 0.166. The van der Waals surface area contributed by atoms with Crippen molar-refractivity contribution >= 4 is 0 Å². The molecule has 1 atom stereocenters. The van der Waals surface area contributed by atoms with Crippen LogP contribution < -0.4 is 5.32 Å². The third-order valence-electron chi connectivity index (χ3n) is 3.92. The second-order valence-electron chi connectivity index (χ2n) is 5.79. The molecule has 1 saturated carbocycles. The Kier molecular flexibility index (Phi) is 6.37. The van der Waals surface area contributed by atoms with Crippen LogP contribution in [-0.2, 0) is 4.74 Å². The Hall–Kier alpha value is -0.0800. The molecule has 0 aromatic carbocycles. The summed E-state index contributed by atoms with van der Waals surface area (Å²) >= 11 is 0. The van der Waals surface area contributed by atoms with Crippen molar-refractivity contribution in [1.82, 2.24) is 5.32 Å². The van der Waals surface area contributed by atoms with Crippen molar-refractivity contribution in [3.8, 4) is 0 Å². The first kappa shape index (κ1) is 14.0. The standard InChI is InChI=1S/C14H29NO/c1-14(2)10-6-5-9-13(14)15-11-7-4-8-12-16-3/h13,15H,4-12H2,1-3H3. The minimum absolute atomic E-state index is 0.505. The first-order chi connectivity index (χ1) is 7.67. The predicted molar refractivity (Wildman–Crippen MR) is 69.8 cm³/mol. The van der Waals surface area contributed by atoms with Crippen LogP contribution in [0.4, 0.5) is 0 Å². The Morgan fingerprint density at radius 1 is 1.19 bits per heavy atom. The van der Waals surface area contributed by atoms with Crippen LogP contribution in [0.2, 0.25) is 0 Å². The molecule has 16 heavy (non-hydrogen) atoms. The van der Waals surface area contributed by atoms with Crippen LogP contribution in [0.3, 0.4) is 0 Å². The van der Waals surface area contributed by atoms with Gasteiger partial charge in [-0.15, -0.1) is 0 Å². The first-order valence-corrected chi connectivity index (χ1v) is 6.89. The summed E-state index contributed by atoms with van der Waals surface area (Å²) in [7, 11) is 1.78. The van der Waals surface area contributed by atoms with Crippen LogP contribution in [0.15, 0.2) is 0 Å². The van der Waals surface area contributed by atoms with Crippen LogP contribution in [0.5, 0.6) is 0 Å². The van der Waals surface area contributed by atoms with E-state index in [-0.39, 0.29) is 0 Å². The molecule has 1 N–H and O–H groups in total. The van der Waals surface area contributed by atoms with Gasteiger partial charge in [-0.05, 0) is 44.1 Å². The maximum Gasteiger partial charge on any atom is 0.0462 e. The normalized spacial score (nSPS) is 24.6. The number of hydrogen-bond acceptors (Lipinski definition) is 2. The van der Waals surface area contributed by atoms with Gasteiger partial charge in [-0.25, -0.2) is 0 Å². The van der Waals surface area contributed by atoms with Crippen LogP contribution in [0.1, 0.15) is 58.8 Å². The molecule has 0 aliphatic heterocycles. The monoisotopic (exact) mass is 227 g/mol. The molecule has 0 aromatic rings. The zero-order valence-electron chi connectivity index (χ0n) is 11.3. The molecule has 0 heterocycles. The molecule has 0 radical (unpaired) electrons. The highest BCUT2D eigenvalue weighted by Gasteiger charge is 2.31. The third-order valence-corrected chi connectivity index (χ3v) is 3.92. The van der Waals surface area contributed by atoms with Crippen LogP contribution in [-0.4, -0.2) is 26.3 Å². The smallest absolute Gasteiger partial charge is 0.0462 e. The van der Waals surface area contributed by atoms with Crippen LogP contribution in [0.25, 0.3) is 0 Å². The summed E-state index contributed by atoms with van der Waals surface area (Å²) in [5, 5.41) is 3.75. The highest BCUT2D eigenvalue weighted by molar-refractivity contribution is 4.87. The fourth-order valence-corrected chi connectivity index (χ4v) is 2.70.